The van der Waals surface area contributed by atoms with Crippen molar-refractivity contribution in [2.75, 3.05) is 7.11 Å². The van der Waals surface area contributed by atoms with E-state index in [-0.39, 0.29) is 6.04 Å². The number of halogens is 1. The Morgan fingerprint density at radius 1 is 1.21 bits per heavy atom. The van der Waals surface area contributed by atoms with Crippen LogP contribution in [0.4, 0.5) is 0 Å². The molecule has 0 fully saturated rings. The van der Waals surface area contributed by atoms with Gasteiger partial charge in [0.1, 0.15) is 11.6 Å². The van der Waals surface area contributed by atoms with E-state index in [1.54, 1.807) is 13.3 Å². The van der Waals surface area contributed by atoms with Crippen LogP contribution in [-0.2, 0) is 6.54 Å². The highest BCUT2D eigenvalue weighted by Crippen LogP contribution is 2.31. The minimum Gasteiger partial charge on any atom is -0.497 e. The van der Waals surface area contributed by atoms with Crippen LogP contribution in [0.5, 0.6) is 5.75 Å². The number of aromatic amines is 1. The van der Waals surface area contributed by atoms with Crippen molar-refractivity contribution in [1.29, 1.82) is 0 Å². The van der Waals surface area contributed by atoms with E-state index in [2.05, 4.69) is 28.3 Å². The second kappa shape index (κ2) is 7.51. The monoisotopic (exact) mass is 341 g/mol. The molecule has 0 unspecified atom stereocenters. The van der Waals surface area contributed by atoms with Gasteiger partial charge < -0.3 is 9.72 Å². The van der Waals surface area contributed by atoms with Crippen molar-refractivity contribution in [1.82, 2.24) is 15.3 Å². The van der Waals surface area contributed by atoms with Gasteiger partial charge in [0.15, 0.2) is 0 Å². The Balaban J connectivity index is 1.96. The molecular weight excluding hydrogens is 322 g/mol. The quantitative estimate of drug-likeness (QED) is 0.704. The summed E-state index contributed by atoms with van der Waals surface area (Å²) in [6, 6.07) is 14.0. The Morgan fingerprint density at radius 2 is 2.04 bits per heavy atom. The smallest absolute Gasteiger partial charge is 0.120 e. The highest BCUT2D eigenvalue weighted by atomic mass is 35.5. The van der Waals surface area contributed by atoms with E-state index in [0.717, 1.165) is 33.3 Å². The van der Waals surface area contributed by atoms with Gasteiger partial charge in [-0.15, -0.1) is 0 Å². The lowest BCUT2D eigenvalue weighted by Crippen LogP contribution is -2.23. The van der Waals surface area contributed by atoms with Crippen LogP contribution in [0.25, 0.3) is 0 Å². The highest BCUT2D eigenvalue weighted by molar-refractivity contribution is 6.31. The molecule has 1 atom stereocenters. The van der Waals surface area contributed by atoms with Gasteiger partial charge in [0.25, 0.3) is 0 Å². The van der Waals surface area contributed by atoms with Gasteiger partial charge >= 0.3 is 0 Å². The molecule has 24 heavy (non-hydrogen) atoms. The Bertz CT molecular complexity index is 802. The summed E-state index contributed by atoms with van der Waals surface area (Å²) in [5.74, 6) is 1.73. The number of nitrogens with zero attached hydrogens (tertiary/aromatic N) is 1. The SMILES string of the molecule is COc1ccc([C@H](NCc2ncc[nH]2)c2ccccc2Cl)c(C)c1. The predicted molar refractivity (Wildman–Crippen MR) is 96.5 cm³/mol. The van der Waals surface area contributed by atoms with Gasteiger partial charge in [0, 0.05) is 17.4 Å². The third-order valence-corrected chi connectivity index (χ3v) is 4.38. The number of benzene rings is 2. The van der Waals surface area contributed by atoms with Crippen molar-refractivity contribution in [2.45, 2.75) is 19.5 Å². The molecule has 3 rings (SSSR count). The van der Waals surface area contributed by atoms with Gasteiger partial charge in [-0.05, 0) is 41.8 Å². The highest BCUT2D eigenvalue weighted by Gasteiger charge is 2.19. The average molecular weight is 342 g/mol. The molecule has 1 aromatic heterocycles. The molecule has 0 aliphatic heterocycles. The molecule has 0 amide bonds. The summed E-state index contributed by atoms with van der Waals surface area (Å²) in [5, 5.41) is 4.30. The normalized spacial score (nSPS) is 12.1. The van der Waals surface area contributed by atoms with E-state index < -0.39 is 0 Å². The van der Waals surface area contributed by atoms with Crippen LogP contribution >= 0.6 is 11.6 Å². The number of nitrogens with one attached hydrogen (secondary N) is 2. The van der Waals surface area contributed by atoms with Gasteiger partial charge in [-0.1, -0.05) is 35.9 Å². The third kappa shape index (κ3) is 3.61. The minimum atomic E-state index is -0.0327. The maximum absolute atomic E-state index is 6.45. The van der Waals surface area contributed by atoms with E-state index in [0.29, 0.717) is 6.54 Å². The molecule has 124 valence electrons. The zero-order chi connectivity index (χ0) is 16.9. The first-order chi connectivity index (χ1) is 11.7. The summed E-state index contributed by atoms with van der Waals surface area (Å²) in [7, 11) is 1.68. The van der Waals surface area contributed by atoms with Gasteiger partial charge in [0.2, 0.25) is 0 Å². The van der Waals surface area contributed by atoms with Crippen LogP contribution in [0.1, 0.15) is 28.6 Å². The molecule has 5 heteroatoms. The second-order valence-electron chi connectivity index (χ2n) is 5.59. The van der Waals surface area contributed by atoms with Crippen molar-refractivity contribution in [2.24, 2.45) is 0 Å². The summed E-state index contributed by atoms with van der Waals surface area (Å²) < 4.78 is 5.32. The molecule has 0 saturated carbocycles. The standard InChI is InChI=1S/C19H20ClN3O/c1-13-11-14(24-2)7-8-15(13)19(16-5-3-4-6-17(16)20)23-12-18-21-9-10-22-18/h3-11,19,23H,12H2,1-2H3,(H,21,22)/t19-/m0/s1. The topological polar surface area (TPSA) is 49.9 Å². The van der Waals surface area contributed by atoms with Crippen LogP contribution in [-0.4, -0.2) is 17.1 Å². The Morgan fingerprint density at radius 3 is 2.71 bits per heavy atom. The maximum atomic E-state index is 6.45. The third-order valence-electron chi connectivity index (χ3n) is 4.03. The van der Waals surface area contributed by atoms with Crippen LogP contribution in [0, 0.1) is 6.92 Å². The summed E-state index contributed by atoms with van der Waals surface area (Å²) in [6.07, 6.45) is 3.57. The van der Waals surface area contributed by atoms with Crippen molar-refractivity contribution in [3.8, 4) is 5.75 Å². The van der Waals surface area contributed by atoms with Crippen molar-refractivity contribution >= 4 is 11.6 Å². The fraction of sp³-hybridized carbons (Fsp3) is 0.211. The van der Waals surface area contributed by atoms with Gasteiger partial charge in [0.05, 0.1) is 19.7 Å². The van der Waals surface area contributed by atoms with Gasteiger partial charge in [-0.25, -0.2) is 4.98 Å². The van der Waals surface area contributed by atoms with E-state index in [4.69, 9.17) is 16.3 Å². The van der Waals surface area contributed by atoms with E-state index >= 15 is 0 Å². The molecule has 4 nitrogen and oxygen atoms in total. The first kappa shape index (κ1) is 16.6. The lowest BCUT2D eigenvalue weighted by atomic mass is 9.94. The van der Waals surface area contributed by atoms with E-state index in [1.165, 1.54) is 0 Å². The number of rotatable bonds is 6. The first-order valence-corrected chi connectivity index (χ1v) is 8.17. The number of hydrogen-bond donors (Lipinski definition) is 2. The Kier molecular flexibility index (Phi) is 5.18. The molecule has 2 N–H and O–H groups in total. The number of imidazole rings is 1. The van der Waals surface area contributed by atoms with E-state index in [1.807, 2.05) is 42.6 Å². The Hall–Kier alpha value is -2.30. The molecule has 0 saturated heterocycles. The van der Waals surface area contributed by atoms with Crippen molar-refractivity contribution < 1.29 is 4.74 Å². The van der Waals surface area contributed by atoms with Crippen molar-refractivity contribution in [3.05, 3.63) is 82.4 Å². The Labute approximate surface area is 146 Å². The molecule has 0 aliphatic rings. The fourth-order valence-corrected chi connectivity index (χ4v) is 3.03. The van der Waals surface area contributed by atoms with Crippen molar-refractivity contribution in [3.63, 3.8) is 0 Å². The number of methoxy groups -OCH3 is 1. The molecule has 0 aliphatic carbocycles. The molecule has 0 spiro atoms. The number of ether oxygens (including phenoxy) is 1. The lowest BCUT2D eigenvalue weighted by molar-refractivity contribution is 0.414. The lowest BCUT2D eigenvalue weighted by Gasteiger charge is -2.22. The maximum Gasteiger partial charge on any atom is 0.120 e. The van der Waals surface area contributed by atoms with Crippen LogP contribution in [0.2, 0.25) is 5.02 Å². The number of aryl methyl sites for hydroxylation is 1. The van der Waals surface area contributed by atoms with Gasteiger partial charge in [-0.3, -0.25) is 5.32 Å². The van der Waals surface area contributed by atoms with E-state index in [9.17, 15) is 0 Å². The van der Waals surface area contributed by atoms with Gasteiger partial charge in [-0.2, -0.15) is 0 Å². The average Bonchev–Trinajstić information content (AvgIpc) is 3.11. The molecule has 2 aromatic carbocycles. The molecule has 3 aromatic rings. The minimum absolute atomic E-state index is 0.0327. The zero-order valence-electron chi connectivity index (χ0n) is 13.7. The largest absolute Gasteiger partial charge is 0.497 e. The fourth-order valence-electron chi connectivity index (χ4n) is 2.79. The molecule has 1 heterocycles. The second-order valence-corrected chi connectivity index (χ2v) is 6.00. The summed E-state index contributed by atoms with van der Waals surface area (Å²) in [6.45, 7) is 2.70. The summed E-state index contributed by atoms with van der Waals surface area (Å²) in [5.41, 5.74) is 3.35. The predicted octanol–water partition coefficient (Wildman–Crippen LogP) is 4.26. The summed E-state index contributed by atoms with van der Waals surface area (Å²) >= 11 is 6.45. The number of aromatic nitrogens is 2. The van der Waals surface area contributed by atoms with Crippen LogP contribution < -0.4 is 10.1 Å². The molecule has 0 radical (unpaired) electrons. The number of hydrogen-bond acceptors (Lipinski definition) is 3. The number of H-pyrrole nitrogens is 1. The van der Waals surface area contributed by atoms with Crippen LogP contribution in [0.15, 0.2) is 54.9 Å². The first-order valence-electron chi connectivity index (χ1n) is 7.79. The zero-order valence-corrected chi connectivity index (χ0v) is 14.5. The molecular formula is C19H20ClN3O. The summed E-state index contributed by atoms with van der Waals surface area (Å²) in [4.78, 5) is 7.39. The van der Waals surface area contributed by atoms with Crippen LogP contribution in [0.3, 0.4) is 0 Å². The molecule has 0 bridgehead atoms.